The Labute approximate surface area is 162 Å². The SMILES string of the molecule is CC(=O)N1CCCn2nc(CNC(=O)c3cc(-c4cccn4C)n[nH]3)cc2C1. The summed E-state index contributed by atoms with van der Waals surface area (Å²) >= 11 is 0. The van der Waals surface area contributed by atoms with Crippen LogP contribution in [0, 0.1) is 0 Å². The van der Waals surface area contributed by atoms with Crippen LogP contribution in [0.2, 0.25) is 0 Å². The molecule has 0 saturated carbocycles. The first-order valence-electron chi connectivity index (χ1n) is 9.27. The molecule has 0 unspecified atom stereocenters. The van der Waals surface area contributed by atoms with Gasteiger partial charge < -0.3 is 14.8 Å². The minimum Gasteiger partial charge on any atom is -0.349 e. The predicted molar refractivity (Wildman–Crippen MR) is 102 cm³/mol. The number of rotatable bonds is 4. The number of H-pyrrole nitrogens is 1. The first-order chi connectivity index (χ1) is 13.5. The maximum Gasteiger partial charge on any atom is 0.269 e. The molecule has 2 N–H and O–H groups in total. The Bertz CT molecular complexity index is 1010. The molecule has 9 heteroatoms. The van der Waals surface area contributed by atoms with Gasteiger partial charge in [-0.3, -0.25) is 19.4 Å². The van der Waals surface area contributed by atoms with Gasteiger partial charge in [-0.05, 0) is 30.7 Å². The molecule has 9 nitrogen and oxygen atoms in total. The Hall–Kier alpha value is -3.36. The summed E-state index contributed by atoms with van der Waals surface area (Å²) in [5.74, 6) is -0.167. The van der Waals surface area contributed by atoms with Gasteiger partial charge in [-0.1, -0.05) is 0 Å². The van der Waals surface area contributed by atoms with Gasteiger partial charge in [0.1, 0.15) is 11.4 Å². The van der Waals surface area contributed by atoms with E-state index in [1.54, 1.807) is 13.0 Å². The van der Waals surface area contributed by atoms with Crippen LogP contribution >= 0.6 is 0 Å². The monoisotopic (exact) mass is 381 g/mol. The quantitative estimate of drug-likeness (QED) is 0.711. The molecule has 0 saturated heterocycles. The molecule has 1 aliphatic rings. The van der Waals surface area contributed by atoms with Crippen LogP contribution in [0.15, 0.2) is 30.5 Å². The molecule has 3 aromatic heterocycles. The summed E-state index contributed by atoms with van der Waals surface area (Å²) in [4.78, 5) is 25.9. The number of aromatic amines is 1. The van der Waals surface area contributed by atoms with E-state index in [0.717, 1.165) is 42.3 Å². The predicted octanol–water partition coefficient (Wildman–Crippen LogP) is 1.29. The van der Waals surface area contributed by atoms with Gasteiger partial charge in [0.2, 0.25) is 5.91 Å². The molecule has 0 aromatic carbocycles. The van der Waals surface area contributed by atoms with Crippen LogP contribution in [0.1, 0.15) is 35.2 Å². The normalized spacial score (nSPS) is 13.9. The van der Waals surface area contributed by atoms with Crippen molar-refractivity contribution in [2.75, 3.05) is 6.54 Å². The number of hydrogen-bond donors (Lipinski definition) is 2. The highest BCUT2D eigenvalue weighted by molar-refractivity contribution is 5.93. The molecule has 0 spiro atoms. The maximum absolute atomic E-state index is 12.4. The molecule has 0 fully saturated rings. The Balaban J connectivity index is 1.41. The van der Waals surface area contributed by atoms with Gasteiger partial charge in [-0.2, -0.15) is 10.2 Å². The average molecular weight is 381 g/mol. The van der Waals surface area contributed by atoms with Crippen LogP contribution in [0.4, 0.5) is 0 Å². The van der Waals surface area contributed by atoms with Crippen molar-refractivity contribution in [1.82, 2.24) is 34.8 Å². The van der Waals surface area contributed by atoms with Crippen molar-refractivity contribution >= 4 is 11.8 Å². The van der Waals surface area contributed by atoms with Crippen LogP contribution in [0.3, 0.4) is 0 Å². The molecule has 4 rings (SSSR count). The van der Waals surface area contributed by atoms with Crippen LogP contribution < -0.4 is 5.32 Å². The van der Waals surface area contributed by atoms with Gasteiger partial charge in [0.15, 0.2) is 0 Å². The number of nitrogens with one attached hydrogen (secondary N) is 2. The first-order valence-corrected chi connectivity index (χ1v) is 9.27. The van der Waals surface area contributed by atoms with Crippen molar-refractivity contribution in [2.45, 2.75) is 33.0 Å². The molecule has 28 heavy (non-hydrogen) atoms. The molecule has 4 heterocycles. The first kappa shape index (κ1) is 18.0. The summed E-state index contributed by atoms with van der Waals surface area (Å²) in [6.07, 6.45) is 2.80. The number of aromatic nitrogens is 5. The lowest BCUT2D eigenvalue weighted by molar-refractivity contribution is -0.129. The third kappa shape index (κ3) is 3.55. The van der Waals surface area contributed by atoms with Crippen molar-refractivity contribution in [1.29, 1.82) is 0 Å². The van der Waals surface area contributed by atoms with E-state index in [1.807, 2.05) is 45.6 Å². The van der Waals surface area contributed by atoms with Crippen molar-refractivity contribution in [3.63, 3.8) is 0 Å². The van der Waals surface area contributed by atoms with E-state index in [2.05, 4.69) is 20.6 Å². The van der Waals surface area contributed by atoms with E-state index in [0.29, 0.717) is 18.8 Å². The average Bonchev–Trinajstić information content (AvgIpc) is 3.37. The van der Waals surface area contributed by atoms with E-state index in [-0.39, 0.29) is 11.8 Å². The number of amides is 2. The molecule has 1 aliphatic heterocycles. The van der Waals surface area contributed by atoms with Crippen molar-refractivity contribution in [2.24, 2.45) is 7.05 Å². The van der Waals surface area contributed by atoms with Gasteiger partial charge in [-0.15, -0.1) is 0 Å². The molecule has 2 amide bonds. The lowest BCUT2D eigenvalue weighted by Crippen LogP contribution is -2.28. The van der Waals surface area contributed by atoms with Crippen LogP contribution in [0.5, 0.6) is 0 Å². The number of hydrogen-bond acceptors (Lipinski definition) is 4. The molecule has 0 bridgehead atoms. The van der Waals surface area contributed by atoms with Gasteiger partial charge in [0, 0.05) is 33.3 Å². The van der Waals surface area contributed by atoms with Crippen molar-refractivity contribution in [3.8, 4) is 11.4 Å². The molecular formula is C19H23N7O2. The number of carbonyl (C=O) groups is 2. The lowest BCUT2D eigenvalue weighted by Gasteiger charge is -2.17. The Morgan fingerprint density at radius 1 is 1.29 bits per heavy atom. The highest BCUT2D eigenvalue weighted by Gasteiger charge is 2.19. The van der Waals surface area contributed by atoms with Crippen LogP contribution in [-0.4, -0.2) is 47.8 Å². The second-order valence-corrected chi connectivity index (χ2v) is 7.00. The Morgan fingerprint density at radius 2 is 2.14 bits per heavy atom. The van der Waals surface area contributed by atoms with E-state index in [4.69, 9.17) is 0 Å². The fourth-order valence-corrected chi connectivity index (χ4v) is 3.44. The minimum absolute atomic E-state index is 0.0674. The maximum atomic E-state index is 12.4. The summed E-state index contributed by atoms with van der Waals surface area (Å²) in [7, 11) is 1.93. The summed E-state index contributed by atoms with van der Waals surface area (Å²) in [5.41, 5.74) is 3.82. The number of nitrogens with zero attached hydrogens (tertiary/aromatic N) is 5. The smallest absolute Gasteiger partial charge is 0.269 e. The van der Waals surface area contributed by atoms with Gasteiger partial charge >= 0.3 is 0 Å². The topological polar surface area (TPSA) is 101 Å². The zero-order chi connectivity index (χ0) is 19.7. The number of aryl methyl sites for hydroxylation is 2. The second-order valence-electron chi connectivity index (χ2n) is 7.00. The third-order valence-electron chi connectivity index (χ3n) is 4.97. The molecule has 3 aromatic rings. The van der Waals surface area contributed by atoms with Crippen LogP contribution in [0.25, 0.3) is 11.4 Å². The van der Waals surface area contributed by atoms with E-state index >= 15 is 0 Å². The molecule has 0 aliphatic carbocycles. The fourth-order valence-electron chi connectivity index (χ4n) is 3.44. The van der Waals surface area contributed by atoms with E-state index in [9.17, 15) is 9.59 Å². The highest BCUT2D eigenvalue weighted by Crippen LogP contribution is 2.18. The standard InChI is InChI=1S/C19H23N7O2/c1-13(27)25-7-4-8-26-15(12-25)9-14(23-26)11-20-19(28)17-10-16(21-22-17)18-5-3-6-24(18)2/h3,5-6,9-10H,4,7-8,11-12H2,1-2H3,(H,20,28)(H,21,22). The lowest BCUT2D eigenvalue weighted by atomic mass is 10.2. The molecule has 0 radical (unpaired) electrons. The summed E-state index contributed by atoms with van der Waals surface area (Å²) in [6.45, 7) is 3.97. The summed E-state index contributed by atoms with van der Waals surface area (Å²) in [5, 5.41) is 14.4. The largest absolute Gasteiger partial charge is 0.349 e. The van der Waals surface area contributed by atoms with Gasteiger partial charge in [0.25, 0.3) is 5.91 Å². The zero-order valence-corrected chi connectivity index (χ0v) is 16.0. The number of carbonyl (C=O) groups excluding carboxylic acids is 2. The fraction of sp³-hybridized carbons (Fsp3) is 0.368. The second kappa shape index (κ2) is 7.34. The van der Waals surface area contributed by atoms with E-state index < -0.39 is 0 Å². The number of fused-ring (bicyclic) bond motifs is 1. The van der Waals surface area contributed by atoms with E-state index in [1.165, 1.54) is 0 Å². The summed E-state index contributed by atoms with van der Waals surface area (Å²) < 4.78 is 3.87. The highest BCUT2D eigenvalue weighted by atomic mass is 16.2. The Morgan fingerprint density at radius 3 is 2.89 bits per heavy atom. The third-order valence-corrected chi connectivity index (χ3v) is 4.97. The molecular weight excluding hydrogens is 358 g/mol. The summed E-state index contributed by atoms with van der Waals surface area (Å²) in [6, 6.07) is 7.56. The van der Waals surface area contributed by atoms with Crippen molar-refractivity contribution in [3.05, 3.63) is 47.5 Å². The Kier molecular flexibility index (Phi) is 4.72. The van der Waals surface area contributed by atoms with Crippen LogP contribution in [-0.2, 0) is 31.5 Å². The zero-order valence-electron chi connectivity index (χ0n) is 16.0. The van der Waals surface area contributed by atoms with Gasteiger partial charge in [-0.25, -0.2) is 0 Å². The van der Waals surface area contributed by atoms with Gasteiger partial charge in [0.05, 0.1) is 30.2 Å². The molecule has 146 valence electrons. The minimum atomic E-state index is -0.235. The van der Waals surface area contributed by atoms with Crippen molar-refractivity contribution < 1.29 is 9.59 Å². The molecule has 0 atom stereocenters.